The Balaban J connectivity index is 1.26. The predicted octanol–water partition coefficient (Wildman–Crippen LogP) is 4.34. The lowest BCUT2D eigenvalue weighted by atomic mass is 10.2. The number of para-hydroxylation sites is 1. The number of hydrogen-bond donors (Lipinski definition) is 0. The molecular weight excluding hydrogens is 348 g/mol. The Kier molecular flexibility index (Phi) is 4.94. The van der Waals surface area contributed by atoms with Gasteiger partial charge in [-0.15, -0.1) is 0 Å². The molecule has 0 spiro atoms. The number of aryl methyl sites for hydroxylation is 1. The van der Waals surface area contributed by atoms with Crippen LogP contribution in [0.4, 0.5) is 5.69 Å². The fourth-order valence-corrected chi connectivity index (χ4v) is 4.00. The van der Waals surface area contributed by atoms with Crippen molar-refractivity contribution in [1.82, 2.24) is 4.90 Å². The number of amides is 1. The van der Waals surface area contributed by atoms with Gasteiger partial charge < -0.3 is 14.2 Å². The normalized spacial score (nSPS) is 22.5. The zero-order valence-electron chi connectivity index (χ0n) is 15.2. The van der Waals surface area contributed by atoms with Crippen LogP contribution in [-0.4, -0.2) is 37.0 Å². The van der Waals surface area contributed by atoms with Gasteiger partial charge in [0.2, 0.25) is 5.91 Å². The van der Waals surface area contributed by atoms with E-state index in [1.807, 2.05) is 35.2 Å². The molecule has 1 saturated heterocycles. The monoisotopic (exact) mass is 372 g/mol. The SMILES string of the molecule is CC1CC1c1ccc(CCC(=O)N2CCN(c3ccccc3Cl)CC2)o1. The number of benzene rings is 1. The third-order valence-electron chi connectivity index (χ3n) is 5.57. The van der Waals surface area contributed by atoms with Crippen molar-refractivity contribution in [2.24, 2.45) is 5.92 Å². The molecule has 1 aromatic carbocycles. The Hall–Kier alpha value is -1.94. The molecule has 0 bridgehead atoms. The number of nitrogens with zero attached hydrogens (tertiary/aromatic N) is 2. The predicted molar refractivity (Wildman–Crippen MR) is 104 cm³/mol. The van der Waals surface area contributed by atoms with Gasteiger partial charge in [-0.2, -0.15) is 0 Å². The topological polar surface area (TPSA) is 36.7 Å². The van der Waals surface area contributed by atoms with E-state index in [2.05, 4.69) is 17.9 Å². The number of furan rings is 1. The molecule has 1 aromatic heterocycles. The second-order valence-electron chi connectivity index (χ2n) is 7.44. The van der Waals surface area contributed by atoms with Crippen molar-refractivity contribution in [1.29, 1.82) is 0 Å². The Morgan fingerprint density at radius 2 is 1.88 bits per heavy atom. The van der Waals surface area contributed by atoms with Gasteiger partial charge in [0, 0.05) is 44.9 Å². The van der Waals surface area contributed by atoms with E-state index in [1.54, 1.807) is 0 Å². The van der Waals surface area contributed by atoms with Crippen molar-refractivity contribution in [3.63, 3.8) is 0 Å². The molecule has 2 fully saturated rings. The lowest BCUT2D eigenvalue weighted by molar-refractivity contribution is -0.131. The molecule has 1 saturated carbocycles. The molecule has 26 heavy (non-hydrogen) atoms. The molecule has 1 aliphatic carbocycles. The molecule has 5 heteroatoms. The minimum Gasteiger partial charge on any atom is -0.466 e. The quantitative estimate of drug-likeness (QED) is 0.783. The van der Waals surface area contributed by atoms with E-state index in [9.17, 15) is 4.79 Å². The molecule has 4 nitrogen and oxygen atoms in total. The van der Waals surface area contributed by atoms with Crippen molar-refractivity contribution in [3.8, 4) is 0 Å². The molecule has 2 unspecified atom stereocenters. The maximum Gasteiger partial charge on any atom is 0.223 e. The standard InChI is InChI=1S/C21H25ClN2O2/c1-15-14-17(15)20-8-6-16(26-20)7-9-21(25)24-12-10-23(11-13-24)19-5-3-2-4-18(19)22/h2-6,8,15,17H,7,9-14H2,1H3. The average molecular weight is 373 g/mol. The molecule has 1 aliphatic heterocycles. The highest BCUT2D eigenvalue weighted by Crippen LogP contribution is 2.47. The first-order chi connectivity index (χ1) is 12.6. The first-order valence-corrected chi connectivity index (χ1v) is 9.85. The van der Waals surface area contributed by atoms with Gasteiger partial charge in [0.25, 0.3) is 0 Å². The highest BCUT2D eigenvalue weighted by Gasteiger charge is 2.36. The largest absolute Gasteiger partial charge is 0.466 e. The molecule has 2 heterocycles. The van der Waals surface area contributed by atoms with Gasteiger partial charge in [-0.25, -0.2) is 0 Å². The fraction of sp³-hybridized carbons (Fsp3) is 0.476. The van der Waals surface area contributed by atoms with Gasteiger partial charge in [0.05, 0.1) is 10.7 Å². The van der Waals surface area contributed by atoms with Gasteiger partial charge >= 0.3 is 0 Å². The van der Waals surface area contributed by atoms with Crippen LogP contribution in [0.15, 0.2) is 40.8 Å². The third kappa shape index (κ3) is 3.75. The van der Waals surface area contributed by atoms with Crippen LogP contribution in [0, 0.1) is 5.92 Å². The van der Waals surface area contributed by atoms with Crippen molar-refractivity contribution in [2.45, 2.75) is 32.1 Å². The summed E-state index contributed by atoms with van der Waals surface area (Å²) in [7, 11) is 0. The first kappa shape index (κ1) is 17.5. The molecule has 2 aliphatic rings. The Labute approximate surface area is 159 Å². The van der Waals surface area contributed by atoms with E-state index in [-0.39, 0.29) is 5.91 Å². The van der Waals surface area contributed by atoms with Gasteiger partial charge in [-0.1, -0.05) is 30.7 Å². The number of carbonyl (C=O) groups excluding carboxylic acids is 1. The molecule has 0 N–H and O–H groups in total. The molecule has 4 rings (SSSR count). The Morgan fingerprint density at radius 3 is 2.58 bits per heavy atom. The van der Waals surface area contributed by atoms with E-state index in [1.165, 1.54) is 6.42 Å². The van der Waals surface area contributed by atoms with Crippen LogP contribution in [0.5, 0.6) is 0 Å². The molecule has 2 aromatic rings. The molecule has 0 radical (unpaired) electrons. The van der Waals surface area contributed by atoms with Gasteiger partial charge in [0.15, 0.2) is 0 Å². The molecular formula is C21H25ClN2O2. The Morgan fingerprint density at radius 1 is 1.15 bits per heavy atom. The second-order valence-corrected chi connectivity index (χ2v) is 7.85. The van der Waals surface area contributed by atoms with Crippen LogP contribution in [0.1, 0.15) is 37.2 Å². The summed E-state index contributed by atoms with van der Waals surface area (Å²) in [6.45, 7) is 5.37. The highest BCUT2D eigenvalue weighted by molar-refractivity contribution is 6.33. The molecule has 1 amide bonds. The van der Waals surface area contributed by atoms with Crippen molar-refractivity contribution in [3.05, 3.63) is 52.9 Å². The lowest BCUT2D eigenvalue weighted by Gasteiger charge is -2.36. The maximum atomic E-state index is 12.5. The number of hydrogen-bond acceptors (Lipinski definition) is 3. The van der Waals surface area contributed by atoms with Crippen LogP contribution < -0.4 is 4.90 Å². The zero-order chi connectivity index (χ0) is 18.1. The summed E-state index contributed by atoms with van der Waals surface area (Å²) in [6, 6.07) is 12.0. The third-order valence-corrected chi connectivity index (χ3v) is 5.89. The van der Waals surface area contributed by atoms with E-state index in [0.29, 0.717) is 18.8 Å². The van der Waals surface area contributed by atoms with Gasteiger partial charge in [0.1, 0.15) is 11.5 Å². The smallest absolute Gasteiger partial charge is 0.223 e. The van der Waals surface area contributed by atoms with Crippen LogP contribution >= 0.6 is 11.6 Å². The van der Waals surface area contributed by atoms with E-state index in [4.69, 9.17) is 16.0 Å². The summed E-state index contributed by atoms with van der Waals surface area (Å²) in [4.78, 5) is 16.7. The second kappa shape index (κ2) is 7.36. The van der Waals surface area contributed by atoms with Crippen LogP contribution in [0.2, 0.25) is 5.02 Å². The minimum absolute atomic E-state index is 0.210. The van der Waals surface area contributed by atoms with Gasteiger partial charge in [-0.05, 0) is 36.6 Å². The van der Waals surface area contributed by atoms with Crippen molar-refractivity contribution < 1.29 is 9.21 Å². The summed E-state index contributed by atoms with van der Waals surface area (Å²) in [5.74, 6) is 3.57. The zero-order valence-corrected chi connectivity index (χ0v) is 15.9. The van der Waals surface area contributed by atoms with Crippen molar-refractivity contribution >= 4 is 23.2 Å². The van der Waals surface area contributed by atoms with Crippen molar-refractivity contribution in [2.75, 3.05) is 31.1 Å². The number of anilines is 1. The van der Waals surface area contributed by atoms with E-state index in [0.717, 1.165) is 54.3 Å². The number of halogens is 1. The van der Waals surface area contributed by atoms with E-state index < -0.39 is 0 Å². The van der Waals surface area contributed by atoms with Crippen LogP contribution in [0.25, 0.3) is 0 Å². The molecule has 2 atom stereocenters. The summed E-state index contributed by atoms with van der Waals surface area (Å²) >= 11 is 6.28. The van der Waals surface area contributed by atoms with E-state index >= 15 is 0 Å². The van der Waals surface area contributed by atoms with Crippen LogP contribution in [-0.2, 0) is 11.2 Å². The summed E-state index contributed by atoms with van der Waals surface area (Å²) in [5.41, 5.74) is 1.05. The molecule has 138 valence electrons. The number of carbonyl (C=O) groups is 1. The minimum atomic E-state index is 0.210. The van der Waals surface area contributed by atoms with Gasteiger partial charge in [-0.3, -0.25) is 4.79 Å². The number of rotatable bonds is 5. The summed E-state index contributed by atoms with van der Waals surface area (Å²) in [6.07, 6.45) is 2.42. The number of piperazine rings is 1. The summed E-state index contributed by atoms with van der Waals surface area (Å²) in [5, 5.41) is 0.769. The maximum absolute atomic E-state index is 12.5. The fourth-order valence-electron chi connectivity index (χ4n) is 3.74. The highest BCUT2D eigenvalue weighted by atomic mass is 35.5. The first-order valence-electron chi connectivity index (χ1n) is 9.47. The lowest BCUT2D eigenvalue weighted by Crippen LogP contribution is -2.48. The van der Waals surface area contributed by atoms with Crippen LogP contribution in [0.3, 0.4) is 0 Å². The summed E-state index contributed by atoms with van der Waals surface area (Å²) < 4.78 is 5.91. The average Bonchev–Trinajstić information content (AvgIpc) is 3.20. The Bertz CT molecular complexity index is 780.